The highest BCUT2D eigenvalue weighted by Crippen LogP contribution is 2.37. The first-order chi connectivity index (χ1) is 9.13. The van der Waals surface area contributed by atoms with Crippen LogP contribution in [0.3, 0.4) is 0 Å². The van der Waals surface area contributed by atoms with Crippen molar-refractivity contribution in [2.75, 3.05) is 27.4 Å². The summed E-state index contributed by atoms with van der Waals surface area (Å²) in [5.74, 6) is -1.17. The molecule has 0 aliphatic carbocycles. The first-order valence-electron chi connectivity index (χ1n) is 6.13. The zero-order valence-corrected chi connectivity index (χ0v) is 11.5. The van der Waals surface area contributed by atoms with Crippen LogP contribution in [0.25, 0.3) is 0 Å². The van der Waals surface area contributed by atoms with Crippen molar-refractivity contribution in [1.29, 1.82) is 0 Å². The molecule has 8 heteroatoms. The van der Waals surface area contributed by atoms with E-state index in [4.69, 9.17) is 33.6 Å². The summed E-state index contributed by atoms with van der Waals surface area (Å²) in [6.45, 7) is 4.20. The van der Waals surface area contributed by atoms with E-state index in [9.17, 15) is 0 Å². The zero-order chi connectivity index (χ0) is 13.9. The normalized spacial score (nSPS) is 42.3. The minimum Gasteiger partial charge on any atom is -0.347 e. The van der Waals surface area contributed by atoms with Crippen molar-refractivity contribution >= 4 is 0 Å². The van der Waals surface area contributed by atoms with Crippen molar-refractivity contribution in [2.24, 2.45) is 0 Å². The topological polar surface area (TPSA) is 73.8 Å². The van der Waals surface area contributed by atoms with E-state index in [0.717, 1.165) is 0 Å². The van der Waals surface area contributed by atoms with Crippen LogP contribution in [0.15, 0.2) is 0 Å². The molecule has 8 nitrogen and oxygen atoms in total. The van der Waals surface area contributed by atoms with Gasteiger partial charge in [-0.3, -0.25) is 4.74 Å². The van der Waals surface area contributed by atoms with E-state index in [2.05, 4.69) is 4.89 Å². The molecule has 2 heterocycles. The van der Waals surface area contributed by atoms with Crippen LogP contribution >= 0.6 is 0 Å². The molecule has 0 spiro atoms. The highest BCUT2D eigenvalue weighted by molar-refractivity contribution is 4.89. The minimum absolute atomic E-state index is 0.231. The van der Waals surface area contributed by atoms with Gasteiger partial charge in [0.05, 0.1) is 20.8 Å². The quantitative estimate of drug-likeness (QED) is 0.510. The first kappa shape index (κ1) is 15.1. The third kappa shape index (κ3) is 3.23. The van der Waals surface area contributed by atoms with Gasteiger partial charge in [-0.1, -0.05) is 0 Å². The van der Waals surface area contributed by atoms with Crippen molar-refractivity contribution < 1.29 is 38.5 Å². The molecule has 2 rings (SSSR count). The van der Waals surface area contributed by atoms with Crippen LogP contribution in [0.1, 0.15) is 13.8 Å². The summed E-state index contributed by atoms with van der Waals surface area (Å²) in [4.78, 5) is 19.7. The van der Waals surface area contributed by atoms with Gasteiger partial charge in [-0.15, -0.1) is 0 Å². The van der Waals surface area contributed by atoms with Gasteiger partial charge in [0.15, 0.2) is 12.4 Å². The van der Waals surface area contributed by atoms with Crippen molar-refractivity contribution in [1.82, 2.24) is 0 Å². The monoisotopic (exact) mass is 280 g/mol. The second kappa shape index (κ2) is 6.42. The Hall–Kier alpha value is -0.320. The molecule has 2 fully saturated rings. The zero-order valence-electron chi connectivity index (χ0n) is 11.5. The van der Waals surface area contributed by atoms with Crippen molar-refractivity contribution in [3.05, 3.63) is 0 Å². The third-order valence-corrected chi connectivity index (χ3v) is 2.90. The van der Waals surface area contributed by atoms with Gasteiger partial charge in [-0.2, -0.15) is 0 Å². The Kier molecular flexibility index (Phi) is 5.09. The molecule has 0 radical (unpaired) electrons. The largest absolute Gasteiger partial charge is 0.347 e. The molecule has 2 aliphatic rings. The molecule has 2 unspecified atom stereocenters. The lowest BCUT2D eigenvalue weighted by atomic mass is 10.1. The van der Waals surface area contributed by atoms with E-state index in [-0.39, 0.29) is 6.61 Å². The molecule has 0 amide bonds. The Morgan fingerprint density at radius 3 is 2.53 bits per heavy atom. The van der Waals surface area contributed by atoms with Gasteiger partial charge < -0.3 is 14.2 Å². The van der Waals surface area contributed by atoms with E-state index in [1.165, 1.54) is 14.2 Å². The third-order valence-electron chi connectivity index (χ3n) is 2.90. The predicted octanol–water partition coefficient (Wildman–Crippen LogP) is 0.361. The molecule has 0 N–H and O–H groups in total. The average molecular weight is 280 g/mol. The Morgan fingerprint density at radius 2 is 1.89 bits per heavy atom. The number of ether oxygens (including phenoxy) is 4. The molecule has 19 heavy (non-hydrogen) atoms. The molecule has 0 aromatic carbocycles. The molecule has 0 saturated carbocycles. The lowest BCUT2D eigenvalue weighted by molar-refractivity contribution is -0.409. The Balaban J connectivity index is 2.07. The number of hydrogen-bond donors (Lipinski definition) is 0. The van der Waals surface area contributed by atoms with Gasteiger partial charge >= 0.3 is 0 Å². The van der Waals surface area contributed by atoms with Gasteiger partial charge in [0.1, 0.15) is 12.2 Å². The summed E-state index contributed by atoms with van der Waals surface area (Å²) in [6, 6.07) is 0. The fraction of sp³-hybridized carbons (Fsp3) is 1.00. The Morgan fingerprint density at radius 1 is 1.16 bits per heavy atom. The lowest BCUT2D eigenvalue weighted by Crippen LogP contribution is -2.53. The van der Waals surface area contributed by atoms with Crippen LogP contribution < -0.4 is 0 Å². The van der Waals surface area contributed by atoms with Crippen LogP contribution in [0.4, 0.5) is 0 Å². The predicted molar refractivity (Wildman–Crippen MR) is 59.5 cm³/mol. The molecular formula is C11H20O8. The maximum Gasteiger partial charge on any atom is 0.282 e. The molecular weight excluding hydrogens is 260 g/mol. The molecule has 5 atom stereocenters. The van der Waals surface area contributed by atoms with Gasteiger partial charge in [0.2, 0.25) is 0 Å². The Bertz CT molecular complexity index is 288. The minimum atomic E-state index is -1.17. The fourth-order valence-electron chi connectivity index (χ4n) is 2.22. The van der Waals surface area contributed by atoms with Crippen LogP contribution in [0, 0.1) is 0 Å². The highest BCUT2D eigenvalue weighted by Gasteiger charge is 2.55. The van der Waals surface area contributed by atoms with Gasteiger partial charge in [-0.25, -0.2) is 19.6 Å². The number of rotatable bonds is 6. The lowest BCUT2D eigenvalue weighted by Gasteiger charge is -2.34. The second-order valence-electron chi connectivity index (χ2n) is 4.23. The number of hydrogen-bond acceptors (Lipinski definition) is 8. The van der Waals surface area contributed by atoms with Gasteiger partial charge in [0, 0.05) is 13.5 Å². The Labute approximate surface area is 111 Å². The van der Waals surface area contributed by atoms with Crippen molar-refractivity contribution in [3.63, 3.8) is 0 Å². The van der Waals surface area contributed by atoms with Crippen molar-refractivity contribution in [3.8, 4) is 0 Å². The molecule has 2 saturated heterocycles. The summed E-state index contributed by atoms with van der Waals surface area (Å²) in [6.07, 6.45) is -2.18. The van der Waals surface area contributed by atoms with Crippen LogP contribution in [-0.2, 0) is 38.5 Å². The smallest absolute Gasteiger partial charge is 0.282 e. The molecule has 0 bridgehead atoms. The molecule has 0 aromatic rings. The van der Waals surface area contributed by atoms with E-state index in [0.29, 0.717) is 6.61 Å². The van der Waals surface area contributed by atoms with Gasteiger partial charge in [0.25, 0.3) is 5.97 Å². The first-order valence-corrected chi connectivity index (χ1v) is 6.13. The molecule has 0 aromatic heterocycles. The summed E-state index contributed by atoms with van der Waals surface area (Å²) >= 11 is 0. The van der Waals surface area contributed by atoms with Crippen LogP contribution in [0.5, 0.6) is 0 Å². The SMILES string of the molecule is CCOC1(C)OC2OC[C@@H](OOC)[C@H](OOC)[C@H]2O1. The van der Waals surface area contributed by atoms with E-state index >= 15 is 0 Å². The summed E-state index contributed by atoms with van der Waals surface area (Å²) in [5.41, 5.74) is 0. The fourth-order valence-corrected chi connectivity index (χ4v) is 2.22. The van der Waals surface area contributed by atoms with E-state index in [1.54, 1.807) is 6.92 Å². The average Bonchev–Trinajstić information content (AvgIpc) is 2.70. The standard InChI is InChI=1S/C11H20O8/c1-5-15-11(2)16-9-8(19-13-4)7(18-12-3)6-14-10(9)17-11/h7-10H,5-6H2,1-4H3/t7-,8+,9-,10?,11?/m1/s1. The number of fused-ring (bicyclic) bond motifs is 1. The van der Waals surface area contributed by atoms with E-state index < -0.39 is 30.6 Å². The summed E-state index contributed by atoms with van der Waals surface area (Å²) in [7, 11) is 2.82. The van der Waals surface area contributed by atoms with Crippen LogP contribution in [-0.4, -0.2) is 58.0 Å². The molecule has 2 aliphatic heterocycles. The highest BCUT2D eigenvalue weighted by atomic mass is 17.2. The maximum absolute atomic E-state index is 5.73. The maximum atomic E-state index is 5.73. The summed E-state index contributed by atoms with van der Waals surface area (Å²) < 4.78 is 22.3. The van der Waals surface area contributed by atoms with E-state index in [1.807, 2.05) is 6.92 Å². The van der Waals surface area contributed by atoms with Crippen molar-refractivity contribution in [2.45, 2.75) is 44.4 Å². The second-order valence-corrected chi connectivity index (χ2v) is 4.23. The van der Waals surface area contributed by atoms with Crippen LogP contribution in [0.2, 0.25) is 0 Å². The van der Waals surface area contributed by atoms with Gasteiger partial charge in [-0.05, 0) is 6.92 Å². The molecule has 112 valence electrons. The summed E-state index contributed by atoms with van der Waals surface area (Å²) in [5, 5.41) is 0.